The molecule has 4 saturated heterocycles. The maximum Gasteiger partial charge on any atom is 0.110 e. The normalized spacial score (nSPS) is 38.5. The van der Waals surface area contributed by atoms with Gasteiger partial charge in [0, 0.05) is 80.0 Å². The zero-order valence-corrected chi connectivity index (χ0v) is 46.3. The van der Waals surface area contributed by atoms with Gasteiger partial charge in [0.1, 0.15) is 42.7 Å². The minimum Gasteiger partial charge on any atom is -0.391 e. The Bertz CT molecular complexity index is 1450. The zero-order chi connectivity index (χ0) is 53.3. The van der Waals surface area contributed by atoms with Gasteiger partial charge in [-0.25, -0.2) is 0 Å². The maximum atomic E-state index is 11.8. The first-order chi connectivity index (χ1) is 34.2. The van der Waals surface area contributed by atoms with Crippen molar-refractivity contribution in [3.8, 4) is 0 Å². The molecule has 426 valence electrons. The molecule has 20 heteroatoms. The standard InChI is InChI=1S/C52H98O20/c1-16-17-64-26-38-42(52(6,7)8)50(63-15)45(56)41(72-38)29-67-21-32-36(24-58-10)70-39(43(54)47(32)60-12)27-66-20-31-35(23-57-9)71-40(44(55)46(31)59-11)28-68-22-33-37(25-65-19-30(2)53)69-34(18-51(3,4)5)49(62-14)48(33)61-13/h30-50,53-56H,16-29H2,1-15H3. The van der Waals surface area contributed by atoms with Crippen molar-refractivity contribution in [2.24, 2.45) is 34.5 Å². The Morgan fingerprint density at radius 3 is 1.19 bits per heavy atom. The first kappa shape index (κ1) is 63.7. The quantitative estimate of drug-likeness (QED) is 0.0757. The average Bonchev–Trinajstić information content (AvgIpc) is 3.31. The molecule has 0 aliphatic carbocycles. The number of ether oxygens (including phenoxy) is 16. The van der Waals surface area contributed by atoms with Crippen molar-refractivity contribution in [2.45, 2.75) is 172 Å². The minimum absolute atomic E-state index is 0.0203. The molecule has 0 spiro atoms. The Balaban J connectivity index is 1.38. The molecule has 4 aliphatic rings. The lowest BCUT2D eigenvalue weighted by atomic mass is 9.70. The van der Waals surface area contributed by atoms with Crippen LogP contribution in [0.25, 0.3) is 0 Å². The van der Waals surface area contributed by atoms with E-state index < -0.39 is 97.3 Å². The van der Waals surface area contributed by atoms with Crippen molar-refractivity contribution < 1.29 is 96.2 Å². The maximum absolute atomic E-state index is 11.8. The van der Waals surface area contributed by atoms with Crippen LogP contribution in [0.5, 0.6) is 0 Å². The summed E-state index contributed by atoms with van der Waals surface area (Å²) in [5, 5.41) is 44.9. The lowest BCUT2D eigenvalue weighted by molar-refractivity contribution is -0.260. The topological polar surface area (TPSA) is 229 Å². The Morgan fingerprint density at radius 1 is 0.431 bits per heavy atom. The molecular weight excluding hydrogens is 945 g/mol. The third-order valence-corrected chi connectivity index (χ3v) is 14.6. The van der Waals surface area contributed by atoms with Crippen LogP contribution in [0.15, 0.2) is 0 Å². The third kappa shape index (κ3) is 17.6. The molecule has 0 saturated carbocycles. The second-order valence-corrected chi connectivity index (χ2v) is 22.5. The second-order valence-electron chi connectivity index (χ2n) is 22.5. The summed E-state index contributed by atoms with van der Waals surface area (Å²) in [5.41, 5.74) is -0.285. The first-order valence-corrected chi connectivity index (χ1v) is 26.1. The van der Waals surface area contributed by atoms with Crippen molar-refractivity contribution >= 4 is 0 Å². The fourth-order valence-corrected chi connectivity index (χ4v) is 11.2. The van der Waals surface area contributed by atoms with E-state index in [0.29, 0.717) is 13.2 Å². The van der Waals surface area contributed by atoms with Crippen molar-refractivity contribution in [1.82, 2.24) is 0 Å². The van der Waals surface area contributed by atoms with Crippen LogP contribution in [-0.2, 0) is 75.8 Å². The number of aliphatic hydroxyl groups is 4. The fraction of sp³-hybridized carbons (Fsp3) is 1.00. The predicted octanol–water partition coefficient (Wildman–Crippen LogP) is 2.33. The molecule has 72 heavy (non-hydrogen) atoms. The van der Waals surface area contributed by atoms with Crippen molar-refractivity contribution in [3.05, 3.63) is 0 Å². The highest BCUT2D eigenvalue weighted by atomic mass is 16.6. The predicted molar refractivity (Wildman–Crippen MR) is 264 cm³/mol. The lowest BCUT2D eigenvalue weighted by Gasteiger charge is -2.49. The highest BCUT2D eigenvalue weighted by Gasteiger charge is 2.52. The molecule has 0 radical (unpaired) electrons. The highest BCUT2D eigenvalue weighted by Crippen LogP contribution is 2.41. The summed E-state index contributed by atoms with van der Waals surface area (Å²) in [6.07, 6.45) is -9.37. The van der Waals surface area contributed by atoms with Gasteiger partial charge >= 0.3 is 0 Å². The molecule has 20 nitrogen and oxygen atoms in total. The molecule has 4 heterocycles. The summed E-state index contributed by atoms with van der Waals surface area (Å²) < 4.78 is 97.9. The van der Waals surface area contributed by atoms with Crippen LogP contribution in [0.2, 0.25) is 0 Å². The highest BCUT2D eigenvalue weighted by molar-refractivity contribution is 5.00. The molecule has 21 unspecified atom stereocenters. The second kappa shape index (κ2) is 31.0. The van der Waals surface area contributed by atoms with E-state index in [2.05, 4.69) is 48.5 Å². The van der Waals surface area contributed by atoms with Crippen LogP contribution >= 0.6 is 0 Å². The molecule has 4 N–H and O–H groups in total. The van der Waals surface area contributed by atoms with Gasteiger partial charge in [-0.3, -0.25) is 0 Å². The van der Waals surface area contributed by atoms with Crippen molar-refractivity contribution in [1.29, 1.82) is 0 Å². The van der Waals surface area contributed by atoms with Gasteiger partial charge in [-0.15, -0.1) is 0 Å². The van der Waals surface area contributed by atoms with Gasteiger partial charge in [0.2, 0.25) is 0 Å². The monoisotopic (exact) mass is 1040 g/mol. The van der Waals surface area contributed by atoms with Gasteiger partial charge in [0.15, 0.2) is 0 Å². The molecule has 21 atom stereocenters. The van der Waals surface area contributed by atoms with Crippen LogP contribution < -0.4 is 0 Å². The molecular formula is C52H98O20. The van der Waals surface area contributed by atoms with E-state index in [1.54, 1.807) is 42.5 Å². The van der Waals surface area contributed by atoms with Crippen molar-refractivity contribution in [2.75, 3.05) is 129 Å². The average molecular weight is 1040 g/mol. The van der Waals surface area contributed by atoms with E-state index in [-0.39, 0.29) is 107 Å². The summed E-state index contributed by atoms with van der Waals surface area (Å²) in [6.45, 7) is 18.6. The Kier molecular flexibility index (Phi) is 27.4. The number of aliphatic hydroxyl groups excluding tert-OH is 4. The summed E-state index contributed by atoms with van der Waals surface area (Å²) in [6, 6.07) is 0. The number of methoxy groups -OCH3 is 7. The summed E-state index contributed by atoms with van der Waals surface area (Å²) in [7, 11) is 11.1. The van der Waals surface area contributed by atoms with Gasteiger partial charge < -0.3 is 96.2 Å². The Morgan fingerprint density at radius 2 is 0.806 bits per heavy atom. The molecule has 0 aromatic carbocycles. The minimum atomic E-state index is -1.11. The van der Waals surface area contributed by atoms with Gasteiger partial charge in [-0.2, -0.15) is 0 Å². The number of hydrogen-bond donors (Lipinski definition) is 4. The largest absolute Gasteiger partial charge is 0.391 e. The molecule has 4 aliphatic heterocycles. The van der Waals surface area contributed by atoms with Gasteiger partial charge in [0.05, 0.1) is 134 Å². The Labute approximate surface area is 430 Å². The molecule has 0 bridgehead atoms. The van der Waals surface area contributed by atoms with Gasteiger partial charge in [-0.1, -0.05) is 48.5 Å². The first-order valence-electron chi connectivity index (χ1n) is 26.1. The van der Waals surface area contributed by atoms with E-state index in [4.69, 9.17) is 75.8 Å². The van der Waals surface area contributed by atoms with E-state index in [0.717, 1.165) is 12.8 Å². The molecule has 0 aromatic heterocycles. The third-order valence-electron chi connectivity index (χ3n) is 14.6. The SMILES string of the molecule is CCCOCC1OC(COCC2C(COC)OC(COCC3C(COC)OC(COCC4C(COCC(C)O)OC(CC(C)(C)C)C(OC)C4OC)C(O)C3OC)C(O)C2OC)C(O)C(OC)C1C(C)(C)C. The molecule has 4 fully saturated rings. The van der Waals surface area contributed by atoms with Crippen LogP contribution in [0.3, 0.4) is 0 Å². The van der Waals surface area contributed by atoms with E-state index in [1.165, 1.54) is 14.2 Å². The van der Waals surface area contributed by atoms with Crippen LogP contribution in [-0.4, -0.2) is 253 Å². The number of rotatable bonds is 30. The fourth-order valence-electron chi connectivity index (χ4n) is 11.2. The number of hydrogen-bond acceptors (Lipinski definition) is 20. The van der Waals surface area contributed by atoms with Crippen LogP contribution in [0.4, 0.5) is 0 Å². The van der Waals surface area contributed by atoms with E-state index in [9.17, 15) is 20.4 Å². The zero-order valence-electron chi connectivity index (χ0n) is 46.3. The van der Waals surface area contributed by atoms with E-state index in [1.807, 2.05) is 0 Å². The molecule has 0 amide bonds. The van der Waals surface area contributed by atoms with Crippen LogP contribution in [0.1, 0.15) is 68.2 Å². The van der Waals surface area contributed by atoms with Gasteiger partial charge in [0.25, 0.3) is 0 Å². The Hall–Kier alpha value is -0.800. The summed E-state index contributed by atoms with van der Waals surface area (Å²) in [5.74, 6) is -1.39. The van der Waals surface area contributed by atoms with Crippen molar-refractivity contribution in [3.63, 3.8) is 0 Å². The van der Waals surface area contributed by atoms with Gasteiger partial charge in [-0.05, 0) is 30.6 Å². The van der Waals surface area contributed by atoms with E-state index >= 15 is 0 Å². The molecule has 0 aromatic rings. The smallest absolute Gasteiger partial charge is 0.110 e. The molecule has 4 rings (SSSR count). The summed E-state index contributed by atoms with van der Waals surface area (Å²) in [4.78, 5) is 0. The summed E-state index contributed by atoms with van der Waals surface area (Å²) >= 11 is 0. The van der Waals surface area contributed by atoms with Crippen LogP contribution in [0, 0.1) is 34.5 Å². The lowest BCUT2D eigenvalue weighted by Crippen LogP contribution is -2.61.